The molecule has 2 N–H and O–H groups in total. The van der Waals surface area contributed by atoms with Crippen LogP contribution in [-0.2, 0) is 13.1 Å². The molecule has 3 heteroatoms. The number of carbonyl (C=O) groups excluding carboxylic acids is 1. The molecule has 0 fully saturated rings. The number of carbonyl (C=O) groups is 1. The molecule has 0 unspecified atom stereocenters. The third-order valence-corrected chi connectivity index (χ3v) is 8.81. The van der Waals surface area contributed by atoms with Crippen molar-refractivity contribution in [1.82, 2.24) is 10.6 Å². The zero-order chi connectivity index (χ0) is 33.1. The molecule has 6 aromatic carbocycles. The molecule has 0 atom stereocenters. The Morgan fingerprint density at radius 3 is 1.00 bits per heavy atom. The van der Waals surface area contributed by atoms with Crippen molar-refractivity contribution in [3.05, 3.63) is 168 Å². The van der Waals surface area contributed by atoms with Crippen LogP contribution in [0.25, 0.3) is 44.5 Å². The van der Waals surface area contributed by atoms with Crippen LogP contribution < -0.4 is 10.6 Å². The number of nitrogens with one attached hydrogen (secondary N) is 2. The van der Waals surface area contributed by atoms with E-state index in [0.717, 1.165) is 61.3 Å². The van der Waals surface area contributed by atoms with Crippen LogP contribution >= 0.6 is 0 Å². The quantitative estimate of drug-likeness (QED) is 0.0931. The van der Waals surface area contributed by atoms with Crippen LogP contribution in [0.4, 0.5) is 0 Å². The molecule has 0 saturated carbocycles. The van der Waals surface area contributed by atoms with Crippen molar-refractivity contribution in [3.8, 4) is 44.5 Å². The normalized spacial score (nSPS) is 11.0. The lowest BCUT2D eigenvalue weighted by Crippen LogP contribution is -2.13. The molecule has 0 heterocycles. The van der Waals surface area contributed by atoms with Gasteiger partial charge in [-0.1, -0.05) is 159 Å². The molecule has 48 heavy (non-hydrogen) atoms. The van der Waals surface area contributed by atoms with E-state index in [1.807, 2.05) is 24.3 Å². The Kier molecular flexibility index (Phi) is 11.0. The van der Waals surface area contributed by atoms with Crippen LogP contribution in [0, 0.1) is 0 Å². The van der Waals surface area contributed by atoms with Crippen LogP contribution in [0.3, 0.4) is 0 Å². The van der Waals surface area contributed by atoms with Crippen molar-refractivity contribution in [2.24, 2.45) is 0 Å². The van der Waals surface area contributed by atoms with Gasteiger partial charge < -0.3 is 10.6 Å². The van der Waals surface area contributed by atoms with Crippen molar-refractivity contribution >= 4 is 5.78 Å². The highest BCUT2D eigenvalue weighted by atomic mass is 16.1. The SMILES string of the molecule is CCCNCc1ccc(-c2ccccc2-c2ccc(C(=O)c3ccc(-c4ccccc4-c4ccc(CNCCC)cc4)cc3)cc2)cc1. The molecular formula is C45H44N2O. The first-order valence-electron chi connectivity index (χ1n) is 17.2. The van der Waals surface area contributed by atoms with Crippen molar-refractivity contribution in [3.63, 3.8) is 0 Å². The van der Waals surface area contributed by atoms with Crippen LogP contribution in [-0.4, -0.2) is 18.9 Å². The molecule has 3 nitrogen and oxygen atoms in total. The number of hydrogen-bond acceptors (Lipinski definition) is 3. The monoisotopic (exact) mass is 628 g/mol. The molecule has 6 aromatic rings. The third-order valence-electron chi connectivity index (χ3n) is 8.81. The van der Waals surface area contributed by atoms with Gasteiger partial charge in [0.05, 0.1) is 0 Å². The lowest BCUT2D eigenvalue weighted by atomic mass is 9.92. The van der Waals surface area contributed by atoms with E-state index in [4.69, 9.17) is 0 Å². The van der Waals surface area contributed by atoms with E-state index in [2.05, 4.69) is 146 Å². The standard InChI is InChI=1S/C45H44N2O/c1-3-29-46-31-33-13-17-35(18-14-33)41-9-5-7-11-43(41)37-21-25-39(26-22-37)45(48)40-27-23-38(24-28-40)44-12-8-6-10-42(44)36-19-15-34(16-20-36)32-47-30-4-2/h5-28,46-47H,3-4,29-32H2,1-2H3. The summed E-state index contributed by atoms with van der Waals surface area (Å²) in [5.41, 5.74) is 13.1. The van der Waals surface area contributed by atoms with Gasteiger partial charge in [0, 0.05) is 24.2 Å². The lowest BCUT2D eigenvalue weighted by molar-refractivity contribution is 0.103. The van der Waals surface area contributed by atoms with Gasteiger partial charge in [-0.2, -0.15) is 0 Å². The average molecular weight is 629 g/mol. The Balaban J connectivity index is 1.17. The zero-order valence-electron chi connectivity index (χ0n) is 28.0. The molecule has 0 aliphatic carbocycles. The first-order chi connectivity index (χ1) is 23.6. The van der Waals surface area contributed by atoms with Crippen molar-refractivity contribution < 1.29 is 4.79 Å². The fraction of sp³-hybridized carbons (Fsp3) is 0.178. The third kappa shape index (κ3) is 7.88. The van der Waals surface area contributed by atoms with Crippen molar-refractivity contribution in [2.75, 3.05) is 13.1 Å². The molecule has 0 amide bonds. The Hall–Kier alpha value is -5.09. The summed E-state index contributed by atoms with van der Waals surface area (Å²) < 4.78 is 0. The minimum absolute atomic E-state index is 0.0224. The summed E-state index contributed by atoms with van der Waals surface area (Å²) in [5.74, 6) is 0.0224. The second-order valence-corrected chi connectivity index (χ2v) is 12.3. The first-order valence-corrected chi connectivity index (χ1v) is 17.2. The molecule has 0 aliphatic heterocycles. The number of ketones is 1. The predicted molar refractivity (Wildman–Crippen MR) is 202 cm³/mol. The van der Waals surface area contributed by atoms with Gasteiger partial charge in [0.2, 0.25) is 0 Å². The van der Waals surface area contributed by atoms with Gasteiger partial charge in [-0.05, 0) is 81.6 Å². The second kappa shape index (κ2) is 16.1. The van der Waals surface area contributed by atoms with Gasteiger partial charge in [0.1, 0.15) is 0 Å². The molecular weight excluding hydrogens is 585 g/mol. The minimum Gasteiger partial charge on any atom is -0.313 e. The highest BCUT2D eigenvalue weighted by Crippen LogP contribution is 2.34. The Bertz CT molecular complexity index is 1780. The van der Waals surface area contributed by atoms with Crippen LogP contribution in [0.1, 0.15) is 53.7 Å². The van der Waals surface area contributed by atoms with Gasteiger partial charge in [0.15, 0.2) is 5.78 Å². The van der Waals surface area contributed by atoms with E-state index < -0.39 is 0 Å². The Morgan fingerprint density at radius 2 is 0.708 bits per heavy atom. The van der Waals surface area contributed by atoms with E-state index in [1.165, 1.54) is 33.4 Å². The molecule has 0 aliphatic rings. The van der Waals surface area contributed by atoms with E-state index in [0.29, 0.717) is 11.1 Å². The average Bonchev–Trinajstić information content (AvgIpc) is 3.15. The number of rotatable bonds is 14. The maximum Gasteiger partial charge on any atom is 0.193 e. The van der Waals surface area contributed by atoms with Crippen LogP contribution in [0.15, 0.2) is 146 Å². The highest BCUT2D eigenvalue weighted by Gasteiger charge is 2.13. The van der Waals surface area contributed by atoms with Crippen molar-refractivity contribution in [2.45, 2.75) is 39.8 Å². The molecule has 0 radical (unpaired) electrons. The fourth-order valence-corrected chi connectivity index (χ4v) is 6.17. The Morgan fingerprint density at radius 1 is 0.417 bits per heavy atom. The summed E-state index contributed by atoms with van der Waals surface area (Å²) >= 11 is 0. The van der Waals surface area contributed by atoms with Gasteiger partial charge in [0.25, 0.3) is 0 Å². The van der Waals surface area contributed by atoms with Gasteiger partial charge >= 0.3 is 0 Å². The molecule has 0 saturated heterocycles. The second-order valence-electron chi connectivity index (χ2n) is 12.3. The highest BCUT2D eigenvalue weighted by molar-refractivity contribution is 6.09. The van der Waals surface area contributed by atoms with Gasteiger partial charge in [-0.3, -0.25) is 4.79 Å². The summed E-state index contributed by atoms with van der Waals surface area (Å²) in [6.45, 7) is 8.18. The molecule has 0 bridgehead atoms. The maximum atomic E-state index is 13.6. The smallest absolute Gasteiger partial charge is 0.193 e. The van der Waals surface area contributed by atoms with Gasteiger partial charge in [-0.25, -0.2) is 0 Å². The predicted octanol–water partition coefficient (Wildman–Crippen LogP) is 10.6. The number of hydrogen-bond donors (Lipinski definition) is 2. The largest absolute Gasteiger partial charge is 0.313 e. The summed E-state index contributed by atoms with van der Waals surface area (Å²) in [6.07, 6.45) is 2.26. The molecule has 0 spiro atoms. The van der Waals surface area contributed by atoms with Crippen LogP contribution in [0.5, 0.6) is 0 Å². The van der Waals surface area contributed by atoms with Crippen LogP contribution in [0.2, 0.25) is 0 Å². The first kappa shape index (κ1) is 32.8. The summed E-state index contributed by atoms with van der Waals surface area (Å²) in [7, 11) is 0. The van der Waals surface area contributed by atoms with E-state index >= 15 is 0 Å². The zero-order valence-corrected chi connectivity index (χ0v) is 28.0. The fourth-order valence-electron chi connectivity index (χ4n) is 6.17. The van der Waals surface area contributed by atoms with Crippen molar-refractivity contribution in [1.29, 1.82) is 0 Å². The molecule has 6 rings (SSSR count). The topological polar surface area (TPSA) is 41.1 Å². The molecule has 0 aromatic heterocycles. The number of benzene rings is 6. The lowest BCUT2D eigenvalue weighted by Gasteiger charge is -2.13. The Labute approximate surface area is 285 Å². The van der Waals surface area contributed by atoms with E-state index in [9.17, 15) is 4.79 Å². The van der Waals surface area contributed by atoms with E-state index in [1.54, 1.807) is 0 Å². The maximum absolute atomic E-state index is 13.6. The minimum atomic E-state index is 0.0224. The van der Waals surface area contributed by atoms with E-state index in [-0.39, 0.29) is 5.78 Å². The molecule has 240 valence electrons. The summed E-state index contributed by atoms with van der Waals surface area (Å²) in [5, 5.41) is 6.94. The van der Waals surface area contributed by atoms with Gasteiger partial charge in [-0.15, -0.1) is 0 Å². The summed E-state index contributed by atoms with van der Waals surface area (Å²) in [4.78, 5) is 13.6. The summed E-state index contributed by atoms with van der Waals surface area (Å²) in [6, 6.07) is 50.6.